The quantitative estimate of drug-likeness (QED) is 0.766. The van der Waals surface area contributed by atoms with Gasteiger partial charge < -0.3 is 9.64 Å². The predicted octanol–water partition coefficient (Wildman–Crippen LogP) is 1.36. The van der Waals surface area contributed by atoms with Gasteiger partial charge >= 0.3 is 0 Å². The van der Waals surface area contributed by atoms with E-state index in [2.05, 4.69) is 6.92 Å². The number of ether oxygens (including phenoxy) is 1. The molecule has 4 rings (SSSR count). The molecule has 0 aromatic rings. The van der Waals surface area contributed by atoms with Crippen LogP contribution < -0.4 is 0 Å². The second-order valence-corrected chi connectivity index (χ2v) is 10.2. The summed E-state index contributed by atoms with van der Waals surface area (Å²) in [6.07, 6.45) is 5.83. The van der Waals surface area contributed by atoms with Crippen LogP contribution in [0.25, 0.3) is 0 Å². The fourth-order valence-corrected chi connectivity index (χ4v) is 6.50. The van der Waals surface area contributed by atoms with Crippen LogP contribution in [0.1, 0.15) is 51.9 Å². The molecule has 3 heterocycles. The molecule has 1 unspecified atom stereocenters. The third kappa shape index (κ3) is 2.78. The average molecular weight is 356 g/mol. The normalized spacial score (nSPS) is 38.1. The molecule has 0 N–H and O–H groups in total. The number of likely N-dealkylation sites (tertiary alicyclic amines) is 1. The Balaban J connectivity index is 1.41. The zero-order chi connectivity index (χ0) is 16.9. The van der Waals surface area contributed by atoms with E-state index in [4.69, 9.17) is 4.74 Å². The molecule has 6 nitrogen and oxygen atoms in total. The molecule has 3 aliphatic heterocycles. The van der Waals surface area contributed by atoms with Crippen LogP contribution in [0, 0.1) is 5.92 Å². The molecule has 4 aliphatic rings. The zero-order valence-corrected chi connectivity index (χ0v) is 15.3. The van der Waals surface area contributed by atoms with Crippen molar-refractivity contribution in [2.24, 2.45) is 5.92 Å². The maximum absolute atomic E-state index is 12.6. The molecule has 7 heteroatoms. The molecule has 0 radical (unpaired) electrons. The molecule has 0 aromatic heterocycles. The molecule has 0 bridgehead atoms. The highest BCUT2D eigenvalue weighted by atomic mass is 32.2. The van der Waals surface area contributed by atoms with Crippen LogP contribution >= 0.6 is 0 Å². The lowest BCUT2D eigenvalue weighted by Gasteiger charge is -2.43. The number of carbonyl (C=O) groups is 1. The van der Waals surface area contributed by atoms with Gasteiger partial charge in [0.05, 0.1) is 10.9 Å². The van der Waals surface area contributed by atoms with E-state index in [-0.39, 0.29) is 28.8 Å². The molecular formula is C17H28N2O4S. The topological polar surface area (TPSA) is 66.9 Å². The first kappa shape index (κ1) is 16.8. The lowest BCUT2D eigenvalue weighted by atomic mass is 9.81. The van der Waals surface area contributed by atoms with Gasteiger partial charge in [0.15, 0.2) is 0 Å². The first-order valence-electron chi connectivity index (χ1n) is 9.38. The first-order chi connectivity index (χ1) is 11.4. The van der Waals surface area contributed by atoms with Gasteiger partial charge in [-0.1, -0.05) is 6.92 Å². The number of amides is 1. The number of piperidine rings is 1. The van der Waals surface area contributed by atoms with Crippen LogP contribution in [0.5, 0.6) is 0 Å². The van der Waals surface area contributed by atoms with E-state index in [1.165, 1.54) is 0 Å². The van der Waals surface area contributed by atoms with Crippen molar-refractivity contribution in [2.45, 2.75) is 68.8 Å². The fraction of sp³-hybridized carbons (Fsp3) is 0.941. The minimum atomic E-state index is -3.11. The Hall–Kier alpha value is -0.660. The summed E-state index contributed by atoms with van der Waals surface area (Å²) in [5, 5.41) is -0.146. The van der Waals surface area contributed by atoms with E-state index in [9.17, 15) is 13.2 Å². The van der Waals surface area contributed by atoms with Gasteiger partial charge in [-0.25, -0.2) is 12.7 Å². The Bertz CT molecular complexity index is 612. The lowest BCUT2D eigenvalue weighted by Crippen LogP contribution is -2.53. The van der Waals surface area contributed by atoms with Crippen molar-refractivity contribution >= 4 is 15.9 Å². The van der Waals surface area contributed by atoms with E-state index in [0.29, 0.717) is 19.5 Å². The maximum Gasteiger partial charge on any atom is 0.251 e. The number of nitrogens with zero attached hydrogens (tertiary/aromatic N) is 2. The minimum Gasteiger partial charge on any atom is -0.362 e. The van der Waals surface area contributed by atoms with Crippen molar-refractivity contribution in [3.05, 3.63) is 0 Å². The van der Waals surface area contributed by atoms with Gasteiger partial charge in [0.1, 0.15) is 6.10 Å². The van der Waals surface area contributed by atoms with E-state index < -0.39 is 10.0 Å². The maximum atomic E-state index is 12.6. The number of hydrogen-bond donors (Lipinski definition) is 0. The number of sulfonamides is 1. The van der Waals surface area contributed by atoms with Crippen molar-refractivity contribution in [2.75, 3.05) is 26.2 Å². The summed E-state index contributed by atoms with van der Waals surface area (Å²) in [4.78, 5) is 14.5. The smallest absolute Gasteiger partial charge is 0.251 e. The Kier molecular flexibility index (Phi) is 4.16. The van der Waals surface area contributed by atoms with Crippen molar-refractivity contribution in [3.63, 3.8) is 0 Å². The standard InChI is InChI=1S/C17H28N2O4S/c1-13-12-19(24(21,22)14-4-5-14)11-8-17(13)7-6-15(23-17)16(20)18-9-2-3-10-18/h13-15H,2-12H2,1H3/t13-,15?,17+/m1/s1. The van der Waals surface area contributed by atoms with E-state index in [0.717, 1.165) is 51.6 Å². The first-order valence-corrected chi connectivity index (χ1v) is 10.9. The van der Waals surface area contributed by atoms with Crippen LogP contribution in [0.2, 0.25) is 0 Å². The Morgan fingerprint density at radius 2 is 1.79 bits per heavy atom. The Morgan fingerprint density at radius 1 is 1.08 bits per heavy atom. The number of carbonyl (C=O) groups excluding carboxylic acids is 1. The van der Waals surface area contributed by atoms with Crippen molar-refractivity contribution < 1.29 is 17.9 Å². The highest BCUT2D eigenvalue weighted by molar-refractivity contribution is 7.90. The SMILES string of the molecule is C[C@@H]1CN(S(=O)(=O)C2CC2)CC[C@@]12CCC(C(=O)N1CCCC1)O2. The average Bonchev–Trinajstić information content (AvgIpc) is 3.13. The van der Waals surface area contributed by atoms with Crippen LogP contribution in [0.15, 0.2) is 0 Å². The molecule has 3 saturated heterocycles. The van der Waals surface area contributed by atoms with E-state index >= 15 is 0 Å². The third-order valence-corrected chi connectivity index (χ3v) is 8.73. The molecule has 1 aliphatic carbocycles. The molecule has 24 heavy (non-hydrogen) atoms. The van der Waals surface area contributed by atoms with Crippen molar-refractivity contribution in [1.82, 2.24) is 9.21 Å². The van der Waals surface area contributed by atoms with Crippen molar-refractivity contribution in [1.29, 1.82) is 0 Å². The highest BCUT2D eigenvalue weighted by Crippen LogP contribution is 2.44. The molecule has 3 atom stereocenters. The molecule has 1 saturated carbocycles. The molecule has 1 amide bonds. The Labute approximate surface area is 144 Å². The van der Waals surface area contributed by atoms with Gasteiger partial charge in [0.2, 0.25) is 10.0 Å². The summed E-state index contributed by atoms with van der Waals surface area (Å²) in [6.45, 7) is 4.86. The van der Waals surface area contributed by atoms with Gasteiger partial charge in [0.25, 0.3) is 5.91 Å². The molecular weight excluding hydrogens is 328 g/mol. The summed E-state index contributed by atoms with van der Waals surface area (Å²) in [5.41, 5.74) is -0.310. The molecule has 4 fully saturated rings. The van der Waals surface area contributed by atoms with E-state index in [1.54, 1.807) is 4.31 Å². The lowest BCUT2D eigenvalue weighted by molar-refractivity contribution is -0.154. The van der Waals surface area contributed by atoms with Crippen molar-refractivity contribution in [3.8, 4) is 0 Å². The summed E-state index contributed by atoms with van der Waals surface area (Å²) in [7, 11) is -3.11. The molecule has 1 spiro atoms. The summed E-state index contributed by atoms with van der Waals surface area (Å²) in [6, 6.07) is 0. The highest BCUT2D eigenvalue weighted by Gasteiger charge is 2.52. The van der Waals surface area contributed by atoms with Gasteiger partial charge in [-0.15, -0.1) is 0 Å². The van der Waals surface area contributed by atoms with Crippen LogP contribution in [-0.4, -0.2) is 66.7 Å². The van der Waals surface area contributed by atoms with E-state index in [1.807, 2.05) is 4.90 Å². The largest absolute Gasteiger partial charge is 0.362 e. The van der Waals surface area contributed by atoms with Gasteiger partial charge in [-0.05, 0) is 50.9 Å². The number of hydrogen-bond acceptors (Lipinski definition) is 4. The zero-order valence-electron chi connectivity index (χ0n) is 14.4. The molecule has 136 valence electrons. The monoisotopic (exact) mass is 356 g/mol. The minimum absolute atomic E-state index is 0.135. The second kappa shape index (κ2) is 5.95. The summed E-state index contributed by atoms with van der Waals surface area (Å²) >= 11 is 0. The summed E-state index contributed by atoms with van der Waals surface area (Å²) < 4.78 is 32.9. The van der Waals surface area contributed by atoms with Gasteiger partial charge in [-0.2, -0.15) is 0 Å². The number of rotatable bonds is 3. The fourth-order valence-electron chi connectivity index (χ4n) is 4.57. The van der Waals surface area contributed by atoms with Crippen LogP contribution in [-0.2, 0) is 19.6 Å². The van der Waals surface area contributed by atoms with Gasteiger partial charge in [0, 0.05) is 26.2 Å². The second-order valence-electron chi connectivity index (χ2n) is 8.00. The molecule has 0 aromatic carbocycles. The van der Waals surface area contributed by atoms with Crippen LogP contribution in [0.4, 0.5) is 0 Å². The predicted molar refractivity (Wildman–Crippen MR) is 89.9 cm³/mol. The van der Waals surface area contributed by atoms with Crippen LogP contribution in [0.3, 0.4) is 0 Å². The summed E-state index contributed by atoms with van der Waals surface area (Å²) in [5.74, 6) is 0.278. The third-order valence-electron chi connectivity index (χ3n) is 6.37. The van der Waals surface area contributed by atoms with Gasteiger partial charge in [-0.3, -0.25) is 4.79 Å². The Morgan fingerprint density at radius 3 is 2.42 bits per heavy atom.